The van der Waals surface area contributed by atoms with E-state index in [0.717, 1.165) is 0 Å². The van der Waals surface area contributed by atoms with Crippen LogP contribution in [0.2, 0.25) is 0 Å². The van der Waals surface area contributed by atoms with Crippen molar-refractivity contribution in [2.45, 2.75) is 58.7 Å². The minimum atomic E-state index is -1.07. The van der Waals surface area contributed by atoms with Crippen LogP contribution in [-0.2, 0) is 28.7 Å². The summed E-state index contributed by atoms with van der Waals surface area (Å²) < 4.78 is 5.59. The monoisotopic (exact) mass is 521 g/mol. The van der Waals surface area contributed by atoms with Gasteiger partial charge in [-0.3, -0.25) is 24.0 Å². The lowest BCUT2D eigenvalue weighted by Gasteiger charge is -2.25. The number of ether oxygens (including phenoxy) is 1. The fraction of sp³-hybridized carbons (Fsp3) is 0.750. The van der Waals surface area contributed by atoms with Crippen molar-refractivity contribution in [1.82, 2.24) is 26.6 Å². The summed E-state index contributed by atoms with van der Waals surface area (Å²) in [5.41, 5.74) is -0.560. The van der Waals surface area contributed by atoms with E-state index in [1.807, 2.05) is 13.8 Å². The van der Waals surface area contributed by atoms with E-state index < -0.39 is 47.9 Å². The van der Waals surface area contributed by atoms with Crippen LogP contribution < -0.4 is 26.6 Å². The van der Waals surface area contributed by atoms with Gasteiger partial charge in [-0.15, -0.1) is 0 Å². The van der Waals surface area contributed by atoms with Gasteiger partial charge in [-0.2, -0.15) is 0 Å². The average molecular weight is 522 g/mol. The van der Waals surface area contributed by atoms with Gasteiger partial charge in [0.25, 0.3) is 0 Å². The second-order valence-electron chi connectivity index (χ2n) is 8.54. The summed E-state index contributed by atoms with van der Waals surface area (Å²) in [6.45, 7) is 8.43. The maximum Gasteiger partial charge on any atom is 0.245 e. The van der Waals surface area contributed by atoms with Crippen LogP contribution in [0.15, 0.2) is 0 Å². The molecule has 0 radical (unpaired) electrons. The first-order valence-electron chi connectivity index (χ1n) is 10.3. The summed E-state index contributed by atoms with van der Waals surface area (Å²) in [5.74, 6) is -2.32. The Morgan fingerprint density at radius 2 is 1.34 bits per heavy atom. The number of alkyl halides is 1. The molecule has 0 aromatic rings. The standard InChI is InChI=1S/C20H36BrN5O6/c1-12(2)7-13(25-15(27)8-21)18(30)24-10-17(29)26-14(11-32-20(3,4)5)19(31)23-9-16(28)22-6/h12-14H,7-11H2,1-6H3,(H,22,28)(H,23,31)(H,24,30)(H,25,27)(H,26,29). The molecule has 0 saturated carbocycles. The van der Waals surface area contributed by atoms with Crippen LogP contribution >= 0.6 is 15.9 Å². The van der Waals surface area contributed by atoms with Crippen LogP contribution in [0.1, 0.15) is 41.0 Å². The molecule has 12 heteroatoms. The van der Waals surface area contributed by atoms with Gasteiger partial charge in [-0.25, -0.2) is 0 Å². The van der Waals surface area contributed by atoms with E-state index in [1.54, 1.807) is 20.8 Å². The topological polar surface area (TPSA) is 155 Å². The van der Waals surface area contributed by atoms with Crippen LogP contribution in [0, 0.1) is 5.92 Å². The molecule has 0 heterocycles. The third-order valence-electron chi connectivity index (χ3n) is 3.94. The number of hydrogen-bond acceptors (Lipinski definition) is 6. The second-order valence-corrected chi connectivity index (χ2v) is 9.10. The summed E-state index contributed by atoms with van der Waals surface area (Å²) >= 11 is 3.03. The Kier molecular flexibility index (Phi) is 13.8. The van der Waals surface area contributed by atoms with Crippen LogP contribution in [0.5, 0.6) is 0 Å². The fourth-order valence-corrected chi connectivity index (χ4v) is 2.53. The predicted octanol–water partition coefficient (Wildman–Crippen LogP) is -0.809. The van der Waals surface area contributed by atoms with Crippen molar-refractivity contribution in [3.63, 3.8) is 0 Å². The number of halogens is 1. The van der Waals surface area contributed by atoms with Crippen LogP contribution in [0.4, 0.5) is 0 Å². The van der Waals surface area contributed by atoms with Gasteiger partial charge in [-0.1, -0.05) is 29.8 Å². The molecule has 11 nitrogen and oxygen atoms in total. The zero-order valence-electron chi connectivity index (χ0n) is 19.6. The first kappa shape index (κ1) is 29.8. The number of carbonyl (C=O) groups is 5. The number of amides is 5. The third kappa shape index (κ3) is 14.0. The summed E-state index contributed by atoms with van der Waals surface area (Å²) in [6.07, 6.45) is 0.399. The quantitative estimate of drug-likeness (QED) is 0.199. The van der Waals surface area contributed by atoms with Gasteiger partial charge in [0.1, 0.15) is 12.1 Å². The molecular weight excluding hydrogens is 486 g/mol. The van der Waals surface area contributed by atoms with Crippen molar-refractivity contribution in [2.24, 2.45) is 5.92 Å². The van der Waals surface area contributed by atoms with E-state index in [-0.39, 0.29) is 30.3 Å². The Hall–Kier alpha value is -2.21. The highest BCUT2D eigenvalue weighted by Gasteiger charge is 2.26. The molecule has 5 N–H and O–H groups in total. The lowest BCUT2D eigenvalue weighted by molar-refractivity contribution is -0.134. The van der Waals surface area contributed by atoms with E-state index >= 15 is 0 Å². The predicted molar refractivity (Wildman–Crippen MR) is 123 cm³/mol. The van der Waals surface area contributed by atoms with Crippen molar-refractivity contribution in [1.29, 1.82) is 0 Å². The summed E-state index contributed by atoms with van der Waals surface area (Å²) in [5, 5.41) is 12.4. The smallest absolute Gasteiger partial charge is 0.245 e. The van der Waals surface area contributed by atoms with Gasteiger partial charge < -0.3 is 31.3 Å². The summed E-state index contributed by atoms with van der Waals surface area (Å²) in [7, 11) is 1.44. The number of carbonyl (C=O) groups excluding carboxylic acids is 5. The van der Waals surface area contributed by atoms with Crippen molar-refractivity contribution in [2.75, 3.05) is 32.1 Å². The molecule has 184 valence electrons. The summed E-state index contributed by atoms with van der Waals surface area (Å²) in [6, 6.07) is -1.86. The molecule has 0 saturated heterocycles. The number of likely N-dealkylation sites (N-methyl/N-ethyl adjacent to an activating group) is 1. The molecule has 0 spiro atoms. The Labute approximate surface area is 197 Å². The molecule has 0 aliphatic heterocycles. The molecule has 2 unspecified atom stereocenters. The summed E-state index contributed by atoms with van der Waals surface area (Å²) in [4.78, 5) is 60.3. The SMILES string of the molecule is CNC(=O)CNC(=O)C(COC(C)(C)C)NC(=O)CNC(=O)C(CC(C)C)NC(=O)CBr. The molecule has 0 aromatic heterocycles. The van der Waals surface area contributed by atoms with E-state index in [1.165, 1.54) is 7.05 Å². The minimum absolute atomic E-state index is 0.0516. The Bertz CT molecular complexity index is 665. The van der Waals surface area contributed by atoms with Gasteiger partial charge in [0.05, 0.1) is 30.6 Å². The number of nitrogens with one attached hydrogen (secondary N) is 5. The molecular formula is C20H36BrN5O6. The Morgan fingerprint density at radius 1 is 0.844 bits per heavy atom. The van der Waals surface area contributed by atoms with Crippen LogP contribution in [-0.4, -0.2) is 79.3 Å². The highest BCUT2D eigenvalue weighted by Crippen LogP contribution is 2.07. The highest BCUT2D eigenvalue weighted by molar-refractivity contribution is 9.09. The zero-order chi connectivity index (χ0) is 24.9. The highest BCUT2D eigenvalue weighted by atomic mass is 79.9. The van der Waals surface area contributed by atoms with Crippen molar-refractivity contribution in [3.05, 3.63) is 0 Å². The van der Waals surface area contributed by atoms with Crippen molar-refractivity contribution < 1.29 is 28.7 Å². The Balaban J connectivity index is 4.98. The lowest BCUT2D eigenvalue weighted by Crippen LogP contribution is -2.54. The molecule has 0 aliphatic rings. The first-order valence-corrected chi connectivity index (χ1v) is 11.5. The Morgan fingerprint density at radius 3 is 1.81 bits per heavy atom. The normalized spacial score (nSPS) is 13.0. The molecule has 5 amide bonds. The third-order valence-corrected chi connectivity index (χ3v) is 4.45. The maximum atomic E-state index is 12.5. The second kappa shape index (κ2) is 14.8. The van der Waals surface area contributed by atoms with Gasteiger partial charge in [0.2, 0.25) is 29.5 Å². The van der Waals surface area contributed by atoms with E-state index in [2.05, 4.69) is 42.5 Å². The number of rotatable bonds is 13. The van der Waals surface area contributed by atoms with E-state index in [4.69, 9.17) is 4.74 Å². The molecule has 32 heavy (non-hydrogen) atoms. The minimum Gasteiger partial charge on any atom is -0.373 e. The van der Waals surface area contributed by atoms with E-state index in [9.17, 15) is 24.0 Å². The first-order chi connectivity index (χ1) is 14.8. The molecule has 0 aliphatic carbocycles. The fourth-order valence-electron chi connectivity index (χ4n) is 2.37. The van der Waals surface area contributed by atoms with Gasteiger partial charge >= 0.3 is 0 Å². The van der Waals surface area contributed by atoms with E-state index in [0.29, 0.717) is 6.42 Å². The maximum absolute atomic E-state index is 12.5. The van der Waals surface area contributed by atoms with Crippen LogP contribution in [0.3, 0.4) is 0 Å². The zero-order valence-corrected chi connectivity index (χ0v) is 21.2. The molecule has 0 aromatic carbocycles. The van der Waals surface area contributed by atoms with Gasteiger partial charge in [-0.05, 0) is 33.1 Å². The molecule has 0 rings (SSSR count). The average Bonchev–Trinajstić information content (AvgIpc) is 2.71. The van der Waals surface area contributed by atoms with Crippen molar-refractivity contribution >= 4 is 45.5 Å². The molecule has 0 bridgehead atoms. The van der Waals surface area contributed by atoms with Gasteiger partial charge in [0.15, 0.2) is 0 Å². The number of hydrogen-bond donors (Lipinski definition) is 5. The van der Waals surface area contributed by atoms with Crippen molar-refractivity contribution in [3.8, 4) is 0 Å². The van der Waals surface area contributed by atoms with Crippen LogP contribution in [0.25, 0.3) is 0 Å². The molecule has 2 atom stereocenters. The lowest BCUT2D eigenvalue weighted by atomic mass is 10.0. The largest absolute Gasteiger partial charge is 0.373 e. The van der Waals surface area contributed by atoms with Gasteiger partial charge in [0, 0.05) is 7.05 Å². The molecule has 0 fully saturated rings.